The van der Waals surface area contributed by atoms with E-state index >= 15 is 0 Å². The summed E-state index contributed by atoms with van der Waals surface area (Å²) in [4.78, 5) is 12.2. The Bertz CT molecular complexity index is 567. The molecule has 0 aliphatic heterocycles. The smallest absolute Gasteiger partial charge is 0.262 e. The van der Waals surface area contributed by atoms with Crippen LogP contribution in [0.1, 0.15) is 23.0 Å². The van der Waals surface area contributed by atoms with Crippen molar-refractivity contribution in [1.82, 2.24) is 5.32 Å². The van der Waals surface area contributed by atoms with Gasteiger partial charge in [-0.25, -0.2) is 4.39 Å². The SMILES string of the molecule is CCCNC(=O)c1sc2cc(F)ccc2c1Cl. The second-order valence-corrected chi connectivity index (χ2v) is 5.07. The van der Waals surface area contributed by atoms with Crippen LogP contribution < -0.4 is 5.32 Å². The van der Waals surface area contributed by atoms with Crippen LogP contribution in [0.25, 0.3) is 10.1 Å². The molecule has 0 bridgehead atoms. The number of benzene rings is 1. The molecule has 2 nitrogen and oxygen atoms in total. The van der Waals surface area contributed by atoms with Crippen LogP contribution in [-0.2, 0) is 0 Å². The fourth-order valence-corrected chi connectivity index (χ4v) is 2.96. The highest BCUT2D eigenvalue weighted by Gasteiger charge is 2.16. The Hall–Kier alpha value is -1.13. The van der Waals surface area contributed by atoms with Crippen LogP contribution in [0.5, 0.6) is 0 Å². The van der Waals surface area contributed by atoms with Crippen molar-refractivity contribution in [3.8, 4) is 0 Å². The third-order valence-electron chi connectivity index (χ3n) is 2.33. The minimum atomic E-state index is -0.323. The minimum Gasteiger partial charge on any atom is -0.351 e. The molecule has 0 saturated heterocycles. The van der Waals surface area contributed by atoms with E-state index in [0.717, 1.165) is 11.8 Å². The second-order valence-electron chi connectivity index (χ2n) is 3.64. The highest BCUT2D eigenvalue weighted by atomic mass is 35.5. The van der Waals surface area contributed by atoms with E-state index in [4.69, 9.17) is 11.6 Å². The number of amides is 1. The molecule has 2 rings (SSSR count). The molecular formula is C12H11ClFNOS. The summed E-state index contributed by atoms with van der Waals surface area (Å²) in [6, 6.07) is 4.33. The van der Waals surface area contributed by atoms with Crippen molar-refractivity contribution in [2.24, 2.45) is 0 Å². The van der Waals surface area contributed by atoms with Crippen molar-refractivity contribution in [3.63, 3.8) is 0 Å². The highest BCUT2D eigenvalue weighted by molar-refractivity contribution is 7.21. The Balaban J connectivity index is 2.41. The molecule has 1 heterocycles. The topological polar surface area (TPSA) is 29.1 Å². The number of thiophene rings is 1. The summed E-state index contributed by atoms with van der Waals surface area (Å²) in [5.74, 6) is -0.519. The van der Waals surface area contributed by atoms with Crippen LogP contribution in [-0.4, -0.2) is 12.5 Å². The first-order valence-electron chi connectivity index (χ1n) is 5.29. The first-order chi connectivity index (χ1) is 8.13. The number of hydrogen-bond acceptors (Lipinski definition) is 2. The van der Waals surface area contributed by atoms with Crippen LogP contribution >= 0.6 is 22.9 Å². The summed E-state index contributed by atoms with van der Waals surface area (Å²) in [7, 11) is 0. The Morgan fingerprint density at radius 1 is 1.53 bits per heavy atom. The third kappa shape index (κ3) is 2.42. The maximum Gasteiger partial charge on any atom is 0.262 e. The first kappa shape index (κ1) is 12.3. The minimum absolute atomic E-state index is 0.196. The zero-order valence-corrected chi connectivity index (χ0v) is 10.8. The summed E-state index contributed by atoms with van der Waals surface area (Å²) in [6.07, 6.45) is 0.864. The summed E-state index contributed by atoms with van der Waals surface area (Å²) in [5.41, 5.74) is 0. The zero-order chi connectivity index (χ0) is 12.4. The van der Waals surface area contributed by atoms with Crippen molar-refractivity contribution in [3.05, 3.63) is 33.9 Å². The normalized spacial score (nSPS) is 10.8. The quantitative estimate of drug-likeness (QED) is 0.903. The molecule has 0 fully saturated rings. The van der Waals surface area contributed by atoms with Gasteiger partial charge < -0.3 is 5.32 Å². The number of fused-ring (bicyclic) bond motifs is 1. The maximum atomic E-state index is 13.0. The standard InChI is InChI=1S/C12H11ClFNOS/c1-2-5-15-12(16)11-10(13)8-4-3-7(14)6-9(8)17-11/h3-4,6H,2,5H2,1H3,(H,15,16). The van der Waals surface area contributed by atoms with Crippen molar-refractivity contribution in [1.29, 1.82) is 0 Å². The molecular weight excluding hydrogens is 261 g/mol. The van der Waals surface area contributed by atoms with Crippen molar-refractivity contribution in [2.75, 3.05) is 6.54 Å². The molecule has 0 radical (unpaired) electrons. The van der Waals surface area contributed by atoms with Crippen LogP contribution in [0.3, 0.4) is 0 Å². The third-order valence-corrected chi connectivity index (χ3v) is 3.99. The van der Waals surface area contributed by atoms with Gasteiger partial charge in [0.05, 0.1) is 5.02 Å². The molecule has 5 heteroatoms. The van der Waals surface area contributed by atoms with E-state index in [9.17, 15) is 9.18 Å². The molecule has 90 valence electrons. The molecule has 0 aliphatic rings. The maximum absolute atomic E-state index is 13.0. The van der Waals surface area contributed by atoms with E-state index in [1.54, 1.807) is 6.07 Å². The molecule has 17 heavy (non-hydrogen) atoms. The molecule has 1 aromatic heterocycles. The van der Waals surface area contributed by atoms with Gasteiger partial charge in [-0.1, -0.05) is 18.5 Å². The Morgan fingerprint density at radius 2 is 2.29 bits per heavy atom. The molecule has 0 aliphatic carbocycles. The van der Waals surface area contributed by atoms with Gasteiger partial charge >= 0.3 is 0 Å². The van der Waals surface area contributed by atoms with Gasteiger partial charge in [0, 0.05) is 16.6 Å². The number of nitrogens with one attached hydrogen (secondary N) is 1. The van der Waals surface area contributed by atoms with Gasteiger partial charge in [-0.3, -0.25) is 4.79 Å². The number of carbonyl (C=O) groups excluding carboxylic acids is 1. The van der Waals surface area contributed by atoms with E-state index < -0.39 is 0 Å². The number of halogens is 2. The first-order valence-corrected chi connectivity index (χ1v) is 6.48. The summed E-state index contributed by atoms with van der Waals surface area (Å²) < 4.78 is 13.7. The van der Waals surface area contributed by atoms with Crippen molar-refractivity contribution in [2.45, 2.75) is 13.3 Å². The molecule has 1 amide bonds. The lowest BCUT2D eigenvalue weighted by atomic mass is 10.2. The second kappa shape index (κ2) is 5.02. The number of carbonyl (C=O) groups is 1. The zero-order valence-electron chi connectivity index (χ0n) is 9.22. The lowest BCUT2D eigenvalue weighted by Gasteiger charge is -2.00. The molecule has 2 aromatic rings. The Labute approximate surface area is 107 Å². The van der Waals surface area contributed by atoms with Gasteiger partial charge in [-0.05, 0) is 24.6 Å². The van der Waals surface area contributed by atoms with E-state index in [2.05, 4.69) is 5.32 Å². The molecule has 1 N–H and O–H groups in total. The molecule has 0 unspecified atom stereocenters. The van der Waals surface area contributed by atoms with E-state index in [1.165, 1.54) is 23.5 Å². The van der Waals surface area contributed by atoms with E-state index in [0.29, 0.717) is 21.1 Å². The van der Waals surface area contributed by atoms with E-state index in [-0.39, 0.29) is 11.7 Å². The van der Waals surface area contributed by atoms with E-state index in [1.807, 2.05) is 6.92 Å². The number of hydrogen-bond donors (Lipinski definition) is 1. The summed E-state index contributed by atoms with van der Waals surface area (Å²) in [6.45, 7) is 2.58. The van der Waals surface area contributed by atoms with Crippen LogP contribution in [0.4, 0.5) is 4.39 Å². The predicted octanol–water partition coefficient (Wildman–Crippen LogP) is 3.83. The molecule has 0 saturated carbocycles. The van der Waals surface area contributed by atoms with Gasteiger partial charge in [0.1, 0.15) is 10.7 Å². The average Bonchev–Trinajstić information content (AvgIpc) is 2.63. The van der Waals surface area contributed by atoms with Crippen LogP contribution in [0.2, 0.25) is 5.02 Å². The van der Waals surface area contributed by atoms with Crippen molar-refractivity contribution < 1.29 is 9.18 Å². The van der Waals surface area contributed by atoms with Gasteiger partial charge in [0.25, 0.3) is 5.91 Å². The predicted molar refractivity (Wildman–Crippen MR) is 69.4 cm³/mol. The van der Waals surface area contributed by atoms with Gasteiger partial charge in [0.2, 0.25) is 0 Å². The monoisotopic (exact) mass is 271 g/mol. The lowest BCUT2D eigenvalue weighted by molar-refractivity contribution is 0.0958. The number of rotatable bonds is 3. The van der Waals surface area contributed by atoms with Crippen LogP contribution in [0.15, 0.2) is 18.2 Å². The highest BCUT2D eigenvalue weighted by Crippen LogP contribution is 2.35. The fraction of sp³-hybridized carbons (Fsp3) is 0.250. The van der Waals surface area contributed by atoms with Gasteiger partial charge in [-0.2, -0.15) is 0 Å². The summed E-state index contributed by atoms with van der Waals surface area (Å²) >= 11 is 7.32. The molecule has 0 spiro atoms. The Kier molecular flexibility index (Phi) is 3.64. The van der Waals surface area contributed by atoms with Gasteiger partial charge in [-0.15, -0.1) is 11.3 Å². The fourth-order valence-electron chi connectivity index (χ4n) is 1.50. The Morgan fingerprint density at radius 3 is 3.00 bits per heavy atom. The lowest BCUT2D eigenvalue weighted by Crippen LogP contribution is -2.23. The van der Waals surface area contributed by atoms with Crippen LogP contribution in [0, 0.1) is 5.82 Å². The molecule has 0 atom stereocenters. The van der Waals surface area contributed by atoms with Gasteiger partial charge in [0.15, 0.2) is 0 Å². The van der Waals surface area contributed by atoms with Crippen molar-refractivity contribution >= 4 is 38.9 Å². The summed E-state index contributed by atoms with van der Waals surface area (Å²) in [5, 5.41) is 3.88. The largest absolute Gasteiger partial charge is 0.351 e. The molecule has 1 aromatic carbocycles. The average molecular weight is 272 g/mol.